The number of ether oxygens (including phenoxy) is 1. The van der Waals surface area contributed by atoms with Gasteiger partial charge < -0.3 is 14.7 Å². The molecule has 0 saturated heterocycles. The molecule has 0 aliphatic heterocycles. The van der Waals surface area contributed by atoms with Crippen molar-refractivity contribution in [3.8, 4) is 0 Å². The highest BCUT2D eigenvalue weighted by atomic mass is 16.5. The number of hydrogen-bond acceptors (Lipinski definition) is 3. The highest BCUT2D eigenvalue weighted by Crippen LogP contribution is 2.39. The van der Waals surface area contributed by atoms with Crippen LogP contribution in [-0.4, -0.2) is 48.7 Å². The predicted molar refractivity (Wildman–Crippen MR) is 80.9 cm³/mol. The van der Waals surface area contributed by atoms with Gasteiger partial charge >= 0.3 is 5.97 Å². The minimum atomic E-state index is -0.833. The lowest BCUT2D eigenvalue weighted by Gasteiger charge is -2.28. The molecule has 0 radical (unpaired) electrons. The van der Waals surface area contributed by atoms with Gasteiger partial charge in [0.2, 0.25) is 5.91 Å². The van der Waals surface area contributed by atoms with Gasteiger partial charge in [-0.05, 0) is 24.7 Å². The summed E-state index contributed by atoms with van der Waals surface area (Å²) in [4.78, 5) is 26.0. The molecule has 1 amide bonds. The molecule has 0 bridgehead atoms. The zero-order chi connectivity index (χ0) is 16.0. The summed E-state index contributed by atoms with van der Waals surface area (Å²) in [6.07, 6.45) is 2.27. The number of rotatable bonds is 8. The van der Waals surface area contributed by atoms with Gasteiger partial charge in [-0.3, -0.25) is 9.59 Å². The molecule has 21 heavy (non-hydrogen) atoms. The molecule has 0 spiro atoms. The second kappa shape index (κ2) is 8.37. The van der Waals surface area contributed by atoms with E-state index in [1.54, 1.807) is 12.0 Å². The van der Waals surface area contributed by atoms with Gasteiger partial charge in [0.1, 0.15) is 0 Å². The molecule has 5 heteroatoms. The number of hydrogen-bond donors (Lipinski definition) is 1. The van der Waals surface area contributed by atoms with Gasteiger partial charge in [0.25, 0.3) is 0 Å². The van der Waals surface area contributed by atoms with E-state index in [0.29, 0.717) is 44.4 Å². The Kier molecular flexibility index (Phi) is 7.15. The van der Waals surface area contributed by atoms with E-state index in [2.05, 4.69) is 20.8 Å². The lowest BCUT2D eigenvalue weighted by Crippen LogP contribution is -2.42. The topological polar surface area (TPSA) is 66.8 Å². The maximum absolute atomic E-state index is 12.8. The molecule has 1 saturated carbocycles. The highest BCUT2D eigenvalue weighted by molar-refractivity contribution is 5.85. The van der Waals surface area contributed by atoms with Crippen LogP contribution in [0.15, 0.2) is 0 Å². The summed E-state index contributed by atoms with van der Waals surface area (Å²) in [5.74, 6) is -1.03. The van der Waals surface area contributed by atoms with Crippen LogP contribution in [0, 0.1) is 23.7 Å². The summed E-state index contributed by atoms with van der Waals surface area (Å²) in [5.41, 5.74) is 0. The van der Waals surface area contributed by atoms with Crippen molar-refractivity contribution in [3.05, 3.63) is 0 Å². The highest BCUT2D eigenvalue weighted by Gasteiger charge is 2.43. The fourth-order valence-corrected chi connectivity index (χ4v) is 3.19. The molecule has 3 unspecified atom stereocenters. The van der Waals surface area contributed by atoms with Crippen LogP contribution in [0.3, 0.4) is 0 Å². The van der Waals surface area contributed by atoms with E-state index in [1.165, 1.54) is 0 Å². The van der Waals surface area contributed by atoms with E-state index in [-0.39, 0.29) is 11.8 Å². The summed E-state index contributed by atoms with van der Waals surface area (Å²) < 4.78 is 5.07. The van der Waals surface area contributed by atoms with Crippen LogP contribution in [-0.2, 0) is 14.3 Å². The first-order chi connectivity index (χ1) is 9.90. The van der Waals surface area contributed by atoms with Gasteiger partial charge in [-0.2, -0.15) is 0 Å². The first kappa shape index (κ1) is 18.0. The summed E-state index contributed by atoms with van der Waals surface area (Å²) in [6.45, 7) is 7.86. The van der Waals surface area contributed by atoms with E-state index in [1.807, 2.05) is 0 Å². The number of amides is 1. The average Bonchev–Trinajstić information content (AvgIpc) is 2.86. The zero-order valence-electron chi connectivity index (χ0n) is 13.7. The molecule has 0 aromatic carbocycles. The molecule has 122 valence electrons. The van der Waals surface area contributed by atoms with Crippen molar-refractivity contribution in [1.29, 1.82) is 0 Å². The lowest BCUT2D eigenvalue weighted by molar-refractivity contribution is -0.149. The predicted octanol–water partition coefficient (Wildman–Crippen LogP) is 2.25. The first-order valence-electron chi connectivity index (χ1n) is 7.91. The number of methoxy groups -OCH3 is 1. The van der Waals surface area contributed by atoms with Gasteiger partial charge in [-0.1, -0.05) is 27.2 Å². The fourth-order valence-electron chi connectivity index (χ4n) is 3.19. The molecule has 1 aliphatic carbocycles. The fraction of sp³-hybridized carbons (Fsp3) is 0.875. The minimum absolute atomic E-state index is 0.0101. The largest absolute Gasteiger partial charge is 0.481 e. The van der Waals surface area contributed by atoms with Gasteiger partial charge in [-0.15, -0.1) is 0 Å². The van der Waals surface area contributed by atoms with Crippen molar-refractivity contribution in [1.82, 2.24) is 4.90 Å². The van der Waals surface area contributed by atoms with Gasteiger partial charge in [0, 0.05) is 20.2 Å². The van der Waals surface area contributed by atoms with Crippen LogP contribution in [0.1, 0.15) is 40.0 Å². The molecule has 1 aliphatic rings. The van der Waals surface area contributed by atoms with Crippen LogP contribution in [0.25, 0.3) is 0 Å². The Labute approximate surface area is 127 Å². The number of aliphatic carboxylic acids is 1. The third-order valence-electron chi connectivity index (χ3n) is 4.33. The van der Waals surface area contributed by atoms with E-state index in [4.69, 9.17) is 4.74 Å². The number of carboxylic acid groups (broad SMARTS) is 1. The Morgan fingerprint density at radius 3 is 2.38 bits per heavy atom. The zero-order valence-corrected chi connectivity index (χ0v) is 13.7. The molecule has 1 N–H and O–H groups in total. The molecule has 0 heterocycles. The maximum atomic E-state index is 12.8. The van der Waals surface area contributed by atoms with Crippen LogP contribution in [0.4, 0.5) is 0 Å². The van der Waals surface area contributed by atoms with Crippen molar-refractivity contribution < 1.29 is 19.4 Å². The van der Waals surface area contributed by atoms with Crippen molar-refractivity contribution in [3.63, 3.8) is 0 Å². The molecule has 1 fully saturated rings. The lowest BCUT2D eigenvalue weighted by atomic mass is 9.94. The molecular weight excluding hydrogens is 270 g/mol. The average molecular weight is 299 g/mol. The van der Waals surface area contributed by atoms with Gasteiger partial charge in [0.15, 0.2) is 0 Å². The molecule has 0 aromatic rings. The second-order valence-corrected chi connectivity index (χ2v) is 6.47. The van der Waals surface area contributed by atoms with Gasteiger partial charge in [-0.25, -0.2) is 0 Å². The third kappa shape index (κ3) is 4.99. The Morgan fingerprint density at radius 2 is 1.90 bits per heavy atom. The van der Waals surface area contributed by atoms with Crippen molar-refractivity contribution in [2.45, 2.75) is 40.0 Å². The molecule has 3 atom stereocenters. The monoisotopic (exact) mass is 299 g/mol. The minimum Gasteiger partial charge on any atom is -0.481 e. The molecular formula is C16H29NO4. The van der Waals surface area contributed by atoms with Crippen molar-refractivity contribution in [2.24, 2.45) is 23.7 Å². The van der Waals surface area contributed by atoms with E-state index in [9.17, 15) is 14.7 Å². The normalized spacial score (nSPS) is 25.3. The Morgan fingerprint density at radius 1 is 1.29 bits per heavy atom. The molecule has 5 nitrogen and oxygen atoms in total. The summed E-state index contributed by atoms with van der Waals surface area (Å²) >= 11 is 0. The number of carboxylic acids is 1. The van der Waals surface area contributed by atoms with E-state index < -0.39 is 11.9 Å². The standard InChI is InChI=1S/C16H29NO4/c1-5-12-8-13(14(9-12)16(19)20)15(18)17(6-7-21-4)10-11(2)3/h11-14H,5-10H2,1-4H3,(H,19,20). The first-order valence-corrected chi connectivity index (χ1v) is 7.91. The maximum Gasteiger partial charge on any atom is 0.307 e. The van der Waals surface area contributed by atoms with Crippen LogP contribution in [0.5, 0.6) is 0 Å². The molecule has 0 aromatic heterocycles. The Bertz CT molecular complexity index is 356. The van der Waals surface area contributed by atoms with E-state index >= 15 is 0 Å². The van der Waals surface area contributed by atoms with Crippen molar-refractivity contribution >= 4 is 11.9 Å². The summed E-state index contributed by atoms with van der Waals surface area (Å²) in [6, 6.07) is 0. The quantitative estimate of drug-likeness (QED) is 0.746. The van der Waals surface area contributed by atoms with Gasteiger partial charge in [0.05, 0.1) is 18.4 Å². The summed E-state index contributed by atoms with van der Waals surface area (Å²) in [5, 5.41) is 9.39. The number of carbonyl (C=O) groups excluding carboxylic acids is 1. The molecule has 1 rings (SSSR count). The number of carbonyl (C=O) groups is 2. The SMILES string of the molecule is CCC1CC(C(=O)O)C(C(=O)N(CCOC)CC(C)C)C1. The van der Waals surface area contributed by atoms with Crippen LogP contribution >= 0.6 is 0 Å². The third-order valence-corrected chi connectivity index (χ3v) is 4.33. The van der Waals surface area contributed by atoms with E-state index in [0.717, 1.165) is 6.42 Å². The summed E-state index contributed by atoms with van der Waals surface area (Å²) in [7, 11) is 1.61. The van der Waals surface area contributed by atoms with Crippen LogP contribution in [0.2, 0.25) is 0 Å². The number of nitrogens with zero attached hydrogens (tertiary/aromatic N) is 1. The second-order valence-electron chi connectivity index (χ2n) is 6.47. The Hall–Kier alpha value is -1.10. The van der Waals surface area contributed by atoms with Crippen molar-refractivity contribution in [2.75, 3.05) is 26.8 Å². The smallest absolute Gasteiger partial charge is 0.307 e. The van der Waals surface area contributed by atoms with Crippen LogP contribution < -0.4 is 0 Å². The Balaban J connectivity index is 2.81.